The van der Waals surface area contributed by atoms with Gasteiger partial charge in [-0.15, -0.1) is 0 Å². The predicted molar refractivity (Wildman–Crippen MR) is 114 cm³/mol. The maximum atomic E-state index is 13.2. The van der Waals surface area contributed by atoms with E-state index in [1.54, 1.807) is 6.07 Å². The van der Waals surface area contributed by atoms with E-state index in [1.807, 2.05) is 50.1 Å². The molecule has 0 aromatic heterocycles. The van der Waals surface area contributed by atoms with Crippen LogP contribution in [0.2, 0.25) is 5.02 Å². The third-order valence-electron chi connectivity index (χ3n) is 5.19. The lowest BCUT2D eigenvalue weighted by Gasteiger charge is -2.30. The van der Waals surface area contributed by atoms with E-state index in [9.17, 15) is 9.59 Å². The number of hydrogen-bond acceptors (Lipinski definition) is 4. The van der Waals surface area contributed by atoms with Gasteiger partial charge in [0.15, 0.2) is 5.78 Å². The number of carbonyl (C=O) groups is 1. The molecule has 2 aromatic rings. The molecule has 1 aliphatic rings. The van der Waals surface area contributed by atoms with Crippen LogP contribution in [0, 0.1) is 5.92 Å². The summed E-state index contributed by atoms with van der Waals surface area (Å²) in [4.78, 5) is 27.0. The third kappa shape index (κ3) is 3.58. The van der Waals surface area contributed by atoms with Crippen molar-refractivity contribution in [3.05, 3.63) is 57.4 Å². The van der Waals surface area contributed by atoms with Crippen molar-refractivity contribution in [3.8, 4) is 0 Å². The van der Waals surface area contributed by atoms with Crippen molar-refractivity contribution in [2.45, 2.75) is 46.2 Å². The van der Waals surface area contributed by atoms with E-state index >= 15 is 0 Å². The number of benzene rings is 2. The summed E-state index contributed by atoms with van der Waals surface area (Å²) in [7, 11) is 0. The number of halogens is 1. The van der Waals surface area contributed by atoms with E-state index in [4.69, 9.17) is 17.3 Å². The Morgan fingerprint density at radius 3 is 2.61 bits per heavy atom. The molecule has 1 unspecified atom stereocenters. The monoisotopic (exact) mass is 396 g/mol. The molecule has 0 spiro atoms. The van der Waals surface area contributed by atoms with Gasteiger partial charge in [0, 0.05) is 39.7 Å². The molecule has 1 heterocycles. The number of ketones is 1. The van der Waals surface area contributed by atoms with Crippen LogP contribution in [0.1, 0.15) is 39.2 Å². The van der Waals surface area contributed by atoms with E-state index < -0.39 is 0 Å². The second kappa shape index (κ2) is 8.22. The van der Waals surface area contributed by atoms with Gasteiger partial charge < -0.3 is 10.6 Å². The summed E-state index contributed by atoms with van der Waals surface area (Å²) in [6, 6.07) is 11.0. The molecule has 2 aromatic carbocycles. The fourth-order valence-electron chi connectivity index (χ4n) is 3.91. The highest BCUT2D eigenvalue weighted by molar-refractivity contribution is 6.31. The number of anilines is 2. The van der Waals surface area contributed by atoms with Gasteiger partial charge in [0.1, 0.15) is 5.94 Å². The van der Waals surface area contributed by atoms with E-state index in [2.05, 4.69) is 11.8 Å². The molecule has 0 fully saturated rings. The first-order chi connectivity index (χ1) is 13.4. The maximum absolute atomic E-state index is 13.2. The maximum Gasteiger partial charge on any atom is 0.164 e. The van der Waals surface area contributed by atoms with Crippen LogP contribution in [-0.4, -0.2) is 17.8 Å². The van der Waals surface area contributed by atoms with E-state index in [1.165, 1.54) is 0 Å². The Balaban J connectivity index is 2.28. The van der Waals surface area contributed by atoms with Gasteiger partial charge in [0.05, 0.1) is 11.3 Å². The summed E-state index contributed by atoms with van der Waals surface area (Å²) in [6.45, 7) is 6.40. The van der Waals surface area contributed by atoms with E-state index in [-0.39, 0.29) is 17.7 Å². The lowest BCUT2D eigenvalue weighted by molar-refractivity contribution is -0.116. The van der Waals surface area contributed by atoms with Gasteiger partial charge in [-0.3, -0.25) is 4.79 Å². The van der Waals surface area contributed by atoms with Crippen molar-refractivity contribution in [1.29, 1.82) is 0 Å². The van der Waals surface area contributed by atoms with Crippen LogP contribution in [-0.2, 0) is 16.1 Å². The quantitative estimate of drug-likeness (QED) is 0.762. The molecule has 0 amide bonds. The Labute approximate surface area is 170 Å². The van der Waals surface area contributed by atoms with Crippen LogP contribution in [0.4, 0.5) is 11.4 Å². The van der Waals surface area contributed by atoms with Crippen LogP contribution in [0.3, 0.4) is 0 Å². The second-order valence-corrected chi connectivity index (χ2v) is 7.93. The Morgan fingerprint density at radius 2 is 2.00 bits per heavy atom. The molecule has 0 bridgehead atoms. The molecular formula is C23H25ClN2O2. The van der Waals surface area contributed by atoms with E-state index in [0.29, 0.717) is 33.3 Å². The van der Waals surface area contributed by atoms with Crippen molar-refractivity contribution >= 4 is 40.3 Å². The number of rotatable bonds is 6. The number of Topliss-reactive ketones (excluding diaryl/α,β-unsaturated/α-hetero) is 1. The summed E-state index contributed by atoms with van der Waals surface area (Å²) in [5, 5.41) is 1.70. The number of carbonyl (C=O) groups excluding carboxylic acids is 2. The zero-order chi connectivity index (χ0) is 20.4. The van der Waals surface area contributed by atoms with Gasteiger partial charge in [-0.1, -0.05) is 57.0 Å². The molecule has 1 aliphatic heterocycles. The largest absolute Gasteiger partial charge is 0.399 e. The van der Waals surface area contributed by atoms with Crippen molar-refractivity contribution in [1.82, 2.24) is 0 Å². The second-order valence-electron chi connectivity index (χ2n) is 7.52. The zero-order valence-corrected chi connectivity index (χ0v) is 17.2. The number of nitrogens with zero attached hydrogens (tertiary/aromatic N) is 1. The van der Waals surface area contributed by atoms with Crippen molar-refractivity contribution in [3.63, 3.8) is 0 Å². The molecule has 1 atom stereocenters. The molecule has 0 aliphatic carbocycles. The molecule has 0 radical (unpaired) electrons. The van der Waals surface area contributed by atoms with Crippen LogP contribution >= 0.6 is 11.6 Å². The van der Waals surface area contributed by atoms with Gasteiger partial charge in [-0.25, -0.2) is 4.79 Å². The van der Waals surface area contributed by atoms with Crippen LogP contribution in [0.25, 0.3) is 5.57 Å². The fourth-order valence-corrected chi connectivity index (χ4v) is 4.10. The minimum absolute atomic E-state index is 0.0580. The van der Waals surface area contributed by atoms with Crippen molar-refractivity contribution < 1.29 is 9.59 Å². The number of fused-ring (bicyclic) bond motifs is 1. The minimum Gasteiger partial charge on any atom is -0.399 e. The normalized spacial score (nSPS) is 15.7. The van der Waals surface area contributed by atoms with Gasteiger partial charge in [0.25, 0.3) is 0 Å². The molecule has 0 saturated carbocycles. The Bertz CT molecular complexity index is 1050. The van der Waals surface area contributed by atoms with E-state index in [0.717, 1.165) is 24.1 Å². The highest BCUT2D eigenvalue weighted by Crippen LogP contribution is 2.33. The molecule has 2 N–H and O–H groups in total. The van der Waals surface area contributed by atoms with Gasteiger partial charge >= 0.3 is 0 Å². The predicted octanol–water partition coefficient (Wildman–Crippen LogP) is 2.99. The smallest absolute Gasteiger partial charge is 0.164 e. The lowest BCUT2D eigenvalue weighted by Crippen LogP contribution is -2.35. The molecular weight excluding hydrogens is 372 g/mol. The molecule has 0 saturated heterocycles. The summed E-state index contributed by atoms with van der Waals surface area (Å²) < 4.78 is 0. The topological polar surface area (TPSA) is 63.4 Å². The molecule has 4 nitrogen and oxygen atoms in total. The average molecular weight is 397 g/mol. The number of nitrogen functional groups attached to an aromatic ring is 1. The van der Waals surface area contributed by atoms with Gasteiger partial charge in [-0.2, -0.15) is 0 Å². The third-order valence-corrected chi connectivity index (χ3v) is 5.56. The standard InChI is InChI=1S/C23H25ClN2O2/c1-4-7-19-22(23(28)14(2)3)21-16(13-27)10-17(25)11-20(21)26(19)12-15-8-5-6-9-18(15)24/h5-6,8-11,14,19H,4,7,12,25H2,1-3H3. The molecule has 28 heavy (non-hydrogen) atoms. The first kappa shape index (κ1) is 20.2. The van der Waals surface area contributed by atoms with Crippen LogP contribution in [0.5, 0.6) is 0 Å². The van der Waals surface area contributed by atoms with Crippen LogP contribution < -0.4 is 21.1 Å². The van der Waals surface area contributed by atoms with Crippen molar-refractivity contribution in [2.24, 2.45) is 5.92 Å². The first-order valence-corrected chi connectivity index (χ1v) is 9.99. The average Bonchev–Trinajstić information content (AvgIpc) is 2.95. The van der Waals surface area contributed by atoms with Gasteiger partial charge in [-0.05, 0) is 30.2 Å². The SMILES string of the molecule is CCCC1C(C(=O)C(C)C)=c2c(cc(N)cc2=C=O)N1Cc1ccccc1Cl. The molecule has 5 heteroatoms. The highest BCUT2D eigenvalue weighted by Gasteiger charge is 2.36. The molecule has 3 rings (SSSR count). The van der Waals surface area contributed by atoms with Crippen molar-refractivity contribution in [2.75, 3.05) is 10.6 Å². The molecule has 146 valence electrons. The van der Waals surface area contributed by atoms with Gasteiger partial charge in [0.2, 0.25) is 0 Å². The summed E-state index contributed by atoms with van der Waals surface area (Å²) in [5.74, 6) is 1.89. The summed E-state index contributed by atoms with van der Waals surface area (Å²) in [5.41, 5.74) is 9.01. The fraction of sp³-hybridized carbons (Fsp3) is 0.348. The lowest BCUT2D eigenvalue weighted by atomic mass is 9.92. The highest BCUT2D eigenvalue weighted by atomic mass is 35.5. The number of hydrogen-bond donors (Lipinski definition) is 1. The summed E-state index contributed by atoms with van der Waals surface area (Å²) >= 11 is 6.41. The zero-order valence-electron chi connectivity index (χ0n) is 16.5. The minimum atomic E-state index is -0.167. The Hall–Kier alpha value is -2.55. The van der Waals surface area contributed by atoms with Crippen LogP contribution in [0.15, 0.2) is 36.4 Å². The number of nitrogens with two attached hydrogens (primary N) is 1. The first-order valence-electron chi connectivity index (χ1n) is 9.62. The summed E-state index contributed by atoms with van der Waals surface area (Å²) in [6.07, 6.45) is 1.70. The Kier molecular flexibility index (Phi) is 5.93. The Morgan fingerprint density at radius 1 is 1.29 bits per heavy atom.